The van der Waals surface area contributed by atoms with Gasteiger partial charge < -0.3 is 15.2 Å². The second kappa shape index (κ2) is 6.29. The summed E-state index contributed by atoms with van der Waals surface area (Å²) in [5, 5.41) is 0. The van der Waals surface area contributed by atoms with Crippen molar-refractivity contribution in [1.82, 2.24) is 0 Å². The molecule has 0 spiro atoms. The predicted octanol–water partition coefficient (Wildman–Crippen LogP) is 1.55. The number of ether oxygens (including phenoxy) is 2. The highest BCUT2D eigenvalue weighted by Gasteiger charge is 2.14. The van der Waals surface area contributed by atoms with Crippen molar-refractivity contribution in [3.8, 4) is 17.6 Å². The lowest BCUT2D eigenvalue weighted by molar-refractivity contribution is 0.00743. The molecule has 1 aromatic carbocycles. The monoisotopic (exact) mass is 231 g/mol. The van der Waals surface area contributed by atoms with E-state index in [9.17, 15) is 0 Å². The zero-order valence-corrected chi connectivity index (χ0v) is 9.82. The zero-order chi connectivity index (χ0) is 11.9. The van der Waals surface area contributed by atoms with Gasteiger partial charge in [0.1, 0.15) is 11.9 Å². The van der Waals surface area contributed by atoms with Crippen LogP contribution in [-0.4, -0.2) is 25.9 Å². The number of benzene rings is 1. The smallest absolute Gasteiger partial charge is 0.122 e. The molecule has 3 nitrogen and oxygen atoms in total. The summed E-state index contributed by atoms with van der Waals surface area (Å²) in [4.78, 5) is 0. The number of hydrogen-bond donors (Lipinski definition) is 1. The highest BCUT2D eigenvalue weighted by molar-refractivity contribution is 5.38. The van der Waals surface area contributed by atoms with Crippen LogP contribution in [0.3, 0.4) is 0 Å². The molecule has 1 atom stereocenters. The van der Waals surface area contributed by atoms with Crippen molar-refractivity contribution in [2.45, 2.75) is 18.9 Å². The molecule has 0 amide bonds. The van der Waals surface area contributed by atoms with Crippen molar-refractivity contribution in [2.75, 3.05) is 19.8 Å². The standard InChI is InChI=1S/C14H17NO2/c15-9-1-3-12-5-7-13(8-6-12)17-14-4-2-10-16-11-14/h5-8,14H,2,4,9-11,15H2. The SMILES string of the molecule is NCC#Cc1ccc(OC2CCCOC2)cc1. The number of rotatable bonds is 2. The minimum Gasteiger partial charge on any atom is -0.488 e. The molecule has 1 aliphatic heterocycles. The van der Waals surface area contributed by atoms with Crippen molar-refractivity contribution in [2.24, 2.45) is 5.73 Å². The first-order valence-electron chi connectivity index (χ1n) is 5.92. The highest BCUT2D eigenvalue weighted by Crippen LogP contribution is 2.17. The number of nitrogens with two attached hydrogens (primary N) is 1. The van der Waals surface area contributed by atoms with Gasteiger partial charge in [-0.1, -0.05) is 11.8 Å². The Morgan fingerprint density at radius 3 is 2.82 bits per heavy atom. The molecular weight excluding hydrogens is 214 g/mol. The van der Waals surface area contributed by atoms with E-state index in [1.54, 1.807) is 0 Å². The second-order valence-corrected chi connectivity index (χ2v) is 3.99. The predicted molar refractivity (Wildman–Crippen MR) is 66.8 cm³/mol. The fourth-order valence-electron chi connectivity index (χ4n) is 1.77. The number of hydrogen-bond acceptors (Lipinski definition) is 3. The van der Waals surface area contributed by atoms with Crippen molar-refractivity contribution < 1.29 is 9.47 Å². The molecule has 1 unspecified atom stereocenters. The molecule has 1 heterocycles. The van der Waals surface area contributed by atoms with E-state index in [1.807, 2.05) is 24.3 Å². The average molecular weight is 231 g/mol. The fraction of sp³-hybridized carbons (Fsp3) is 0.429. The Bertz CT molecular complexity index is 396. The minimum atomic E-state index is 0.185. The maximum absolute atomic E-state index is 5.82. The Morgan fingerprint density at radius 1 is 1.35 bits per heavy atom. The fourth-order valence-corrected chi connectivity index (χ4v) is 1.77. The van der Waals surface area contributed by atoms with E-state index in [-0.39, 0.29) is 6.10 Å². The summed E-state index contributed by atoms with van der Waals surface area (Å²) in [6.45, 7) is 1.93. The van der Waals surface area contributed by atoms with Crippen molar-refractivity contribution in [1.29, 1.82) is 0 Å². The molecule has 0 radical (unpaired) electrons. The third-order valence-electron chi connectivity index (χ3n) is 2.61. The Kier molecular flexibility index (Phi) is 4.43. The van der Waals surface area contributed by atoms with Crippen LogP contribution in [0.15, 0.2) is 24.3 Å². The summed E-state index contributed by atoms with van der Waals surface area (Å²) in [6.07, 6.45) is 2.32. The largest absolute Gasteiger partial charge is 0.488 e. The third-order valence-corrected chi connectivity index (χ3v) is 2.61. The van der Waals surface area contributed by atoms with E-state index >= 15 is 0 Å². The lowest BCUT2D eigenvalue weighted by Crippen LogP contribution is -2.27. The van der Waals surface area contributed by atoms with E-state index < -0.39 is 0 Å². The van der Waals surface area contributed by atoms with Crippen LogP contribution in [0.5, 0.6) is 5.75 Å². The van der Waals surface area contributed by atoms with Gasteiger partial charge >= 0.3 is 0 Å². The van der Waals surface area contributed by atoms with Crippen LogP contribution in [0.25, 0.3) is 0 Å². The normalized spacial score (nSPS) is 19.2. The molecular formula is C14H17NO2. The first-order chi connectivity index (χ1) is 8.38. The van der Waals surface area contributed by atoms with Crippen molar-refractivity contribution >= 4 is 0 Å². The highest BCUT2D eigenvalue weighted by atomic mass is 16.5. The Labute approximate surface area is 102 Å². The van der Waals surface area contributed by atoms with E-state index in [2.05, 4.69) is 11.8 Å². The maximum Gasteiger partial charge on any atom is 0.122 e. The first kappa shape index (κ1) is 12.0. The molecule has 1 aliphatic rings. The van der Waals surface area contributed by atoms with Gasteiger partial charge in [-0.25, -0.2) is 0 Å². The van der Waals surface area contributed by atoms with Gasteiger partial charge in [0, 0.05) is 12.2 Å². The molecule has 2 N–H and O–H groups in total. The summed E-state index contributed by atoms with van der Waals surface area (Å²) in [6, 6.07) is 7.77. The van der Waals surface area contributed by atoms with Crippen molar-refractivity contribution in [3.05, 3.63) is 29.8 Å². The van der Waals surface area contributed by atoms with E-state index in [0.717, 1.165) is 30.8 Å². The maximum atomic E-state index is 5.82. The van der Waals surface area contributed by atoms with Gasteiger partial charge in [0.25, 0.3) is 0 Å². The van der Waals surface area contributed by atoms with E-state index in [4.69, 9.17) is 15.2 Å². The van der Waals surface area contributed by atoms with Crippen LogP contribution in [0.1, 0.15) is 18.4 Å². The van der Waals surface area contributed by atoms with Crippen molar-refractivity contribution in [3.63, 3.8) is 0 Å². The van der Waals surface area contributed by atoms with Crippen LogP contribution in [0, 0.1) is 11.8 Å². The molecule has 2 rings (SSSR count). The summed E-state index contributed by atoms with van der Waals surface area (Å²) in [5.41, 5.74) is 6.28. The summed E-state index contributed by atoms with van der Waals surface area (Å²) in [7, 11) is 0. The molecule has 0 bridgehead atoms. The molecule has 1 saturated heterocycles. The summed E-state index contributed by atoms with van der Waals surface area (Å²) in [5.74, 6) is 6.68. The molecule has 0 aromatic heterocycles. The third kappa shape index (κ3) is 3.77. The Balaban J connectivity index is 1.93. The molecule has 1 aromatic rings. The Hall–Kier alpha value is -1.50. The van der Waals surface area contributed by atoms with Gasteiger partial charge in [0.2, 0.25) is 0 Å². The molecule has 0 aliphatic carbocycles. The lowest BCUT2D eigenvalue weighted by atomic mass is 10.1. The average Bonchev–Trinajstić information content (AvgIpc) is 2.39. The molecule has 3 heteroatoms. The van der Waals surface area contributed by atoms with Crippen LogP contribution >= 0.6 is 0 Å². The molecule has 17 heavy (non-hydrogen) atoms. The van der Waals surface area contributed by atoms with Crippen LogP contribution in [0.4, 0.5) is 0 Å². The summed E-state index contributed by atoms with van der Waals surface area (Å²) >= 11 is 0. The lowest BCUT2D eigenvalue weighted by Gasteiger charge is -2.23. The minimum absolute atomic E-state index is 0.185. The Morgan fingerprint density at radius 2 is 2.18 bits per heavy atom. The van der Waals surface area contributed by atoms with Gasteiger partial charge in [-0.3, -0.25) is 0 Å². The van der Waals surface area contributed by atoms with E-state index in [1.165, 1.54) is 0 Å². The van der Waals surface area contributed by atoms with Crippen LogP contribution in [-0.2, 0) is 4.74 Å². The quantitative estimate of drug-likeness (QED) is 0.785. The van der Waals surface area contributed by atoms with E-state index in [0.29, 0.717) is 13.2 Å². The zero-order valence-electron chi connectivity index (χ0n) is 9.82. The molecule has 0 saturated carbocycles. The van der Waals surface area contributed by atoms with Gasteiger partial charge in [-0.05, 0) is 37.1 Å². The van der Waals surface area contributed by atoms with Gasteiger partial charge in [0.05, 0.1) is 13.2 Å². The first-order valence-corrected chi connectivity index (χ1v) is 5.92. The molecule has 1 fully saturated rings. The van der Waals surface area contributed by atoms with Gasteiger partial charge in [-0.2, -0.15) is 0 Å². The summed E-state index contributed by atoms with van der Waals surface area (Å²) < 4.78 is 11.2. The van der Waals surface area contributed by atoms with Gasteiger partial charge in [-0.15, -0.1) is 0 Å². The second-order valence-electron chi connectivity index (χ2n) is 3.99. The van der Waals surface area contributed by atoms with Crippen LogP contribution < -0.4 is 10.5 Å². The topological polar surface area (TPSA) is 44.5 Å². The van der Waals surface area contributed by atoms with Crippen LogP contribution in [0.2, 0.25) is 0 Å². The van der Waals surface area contributed by atoms with Gasteiger partial charge in [0.15, 0.2) is 0 Å². The molecule has 90 valence electrons.